The molecule has 1 aromatic carbocycles. The van der Waals surface area contributed by atoms with Crippen LogP contribution in [0.4, 0.5) is 4.39 Å². The Morgan fingerprint density at radius 2 is 2.29 bits per heavy atom. The third kappa shape index (κ3) is 2.97. The molecule has 1 aromatic heterocycles. The Labute approximate surface area is 104 Å². The topological polar surface area (TPSA) is 27.1 Å². The van der Waals surface area contributed by atoms with Gasteiger partial charge in [-0.3, -0.25) is 0 Å². The molecule has 0 saturated carbocycles. The van der Waals surface area contributed by atoms with Crippen LogP contribution in [0.25, 0.3) is 0 Å². The van der Waals surface area contributed by atoms with Gasteiger partial charge in [0.15, 0.2) is 0 Å². The van der Waals surface area contributed by atoms with Crippen molar-refractivity contribution in [1.29, 1.82) is 0 Å². The highest BCUT2D eigenvalue weighted by Crippen LogP contribution is 2.20. The summed E-state index contributed by atoms with van der Waals surface area (Å²) in [5, 5.41) is 0.0998. The molecule has 0 aliphatic carbocycles. The molecule has 2 aromatic rings. The molecule has 3 nitrogen and oxygen atoms in total. The zero-order valence-electron chi connectivity index (χ0n) is 9.36. The number of nitrogens with zero attached hydrogens (tertiary/aromatic N) is 2. The molecule has 0 spiro atoms. The minimum absolute atomic E-state index is 0.0998. The third-order valence-electron chi connectivity index (χ3n) is 2.42. The van der Waals surface area contributed by atoms with Crippen molar-refractivity contribution in [2.24, 2.45) is 0 Å². The SMILES string of the molecule is Cc1nccn1CCOc1ccc(Cl)c(F)c1. The molecule has 2 rings (SSSR count). The second-order valence-corrected chi connectivity index (χ2v) is 4.00. The number of ether oxygens (including phenoxy) is 1. The Kier molecular flexibility index (Phi) is 3.64. The number of hydrogen-bond donors (Lipinski definition) is 0. The van der Waals surface area contributed by atoms with Gasteiger partial charge >= 0.3 is 0 Å². The fourth-order valence-corrected chi connectivity index (χ4v) is 1.59. The van der Waals surface area contributed by atoms with E-state index in [0.29, 0.717) is 18.9 Å². The smallest absolute Gasteiger partial charge is 0.145 e. The number of imidazole rings is 1. The van der Waals surface area contributed by atoms with E-state index in [0.717, 1.165) is 5.82 Å². The van der Waals surface area contributed by atoms with Crippen LogP contribution in [0, 0.1) is 12.7 Å². The second kappa shape index (κ2) is 5.19. The van der Waals surface area contributed by atoms with E-state index in [1.165, 1.54) is 12.1 Å². The first kappa shape index (κ1) is 11.9. The largest absolute Gasteiger partial charge is 0.492 e. The number of aromatic nitrogens is 2. The van der Waals surface area contributed by atoms with E-state index in [1.807, 2.05) is 17.7 Å². The summed E-state index contributed by atoms with van der Waals surface area (Å²) in [6.07, 6.45) is 3.61. The Bertz CT molecular complexity index is 513. The molecule has 0 aliphatic rings. The Morgan fingerprint density at radius 3 is 2.94 bits per heavy atom. The predicted molar refractivity (Wildman–Crippen MR) is 63.9 cm³/mol. The summed E-state index contributed by atoms with van der Waals surface area (Å²) in [5.41, 5.74) is 0. The monoisotopic (exact) mass is 254 g/mol. The number of benzene rings is 1. The molecule has 5 heteroatoms. The van der Waals surface area contributed by atoms with Crippen LogP contribution in [0.15, 0.2) is 30.6 Å². The summed E-state index contributed by atoms with van der Waals surface area (Å²) >= 11 is 5.57. The van der Waals surface area contributed by atoms with E-state index < -0.39 is 5.82 Å². The molecular weight excluding hydrogens is 243 g/mol. The van der Waals surface area contributed by atoms with Crippen LogP contribution in [0.2, 0.25) is 5.02 Å². The van der Waals surface area contributed by atoms with Crippen molar-refractivity contribution in [2.45, 2.75) is 13.5 Å². The standard InChI is InChI=1S/C12H12ClFN2O/c1-9-15-4-5-16(9)6-7-17-10-2-3-11(13)12(14)8-10/h2-5,8H,6-7H2,1H3. The van der Waals surface area contributed by atoms with Crippen molar-refractivity contribution in [3.05, 3.63) is 47.3 Å². The summed E-state index contributed by atoms with van der Waals surface area (Å²) in [5.74, 6) is 0.934. The number of halogens is 2. The van der Waals surface area contributed by atoms with Gasteiger partial charge in [0.1, 0.15) is 24.0 Å². The third-order valence-corrected chi connectivity index (χ3v) is 2.72. The summed E-state index contributed by atoms with van der Waals surface area (Å²) < 4.78 is 20.5. The molecule has 90 valence electrons. The highest BCUT2D eigenvalue weighted by Gasteiger charge is 2.02. The van der Waals surface area contributed by atoms with Gasteiger partial charge in [0, 0.05) is 18.5 Å². The van der Waals surface area contributed by atoms with Crippen LogP contribution in [-0.2, 0) is 6.54 Å². The molecule has 17 heavy (non-hydrogen) atoms. The van der Waals surface area contributed by atoms with E-state index in [-0.39, 0.29) is 5.02 Å². The number of aryl methyl sites for hydroxylation is 1. The summed E-state index contributed by atoms with van der Waals surface area (Å²) in [6, 6.07) is 4.41. The van der Waals surface area contributed by atoms with Gasteiger partial charge in [-0.05, 0) is 19.1 Å². The molecular formula is C12H12ClFN2O. The lowest BCUT2D eigenvalue weighted by atomic mass is 10.3. The van der Waals surface area contributed by atoms with Gasteiger partial charge in [-0.1, -0.05) is 11.6 Å². The van der Waals surface area contributed by atoms with Crippen molar-refractivity contribution in [3.8, 4) is 5.75 Å². The van der Waals surface area contributed by atoms with E-state index in [4.69, 9.17) is 16.3 Å². The lowest BCUT2D eigenvalue weighted by molar-refractivity contribution is 0.295. The second-order valence-electron chi connectivity index (χ2n) is 3.59. The maximum absolute atomic E-state index is 13.1. The maximum atomic E-state index is 13.1. The van der Waals surface area contributed by atoms with E-state index in [2.05, 4.69) is 4.98 Å². The quantitative estimate of drug-likeness (QED) is 0.839. The lowest BCUT2D eigenvalue weighted by Crippen LogP contribution is -2.08. The molecule has 1 heterocycles. The average Bonchev–Trinajstić information content (AvgIpc) is 2.70. The maximum Gasteiger partial charge on any atom is 0.145 e. The average molecular weight is 255 g/mol. The molecule has 0 amide bonds. The van der Waals surface area contributed by atoms with E-state index >= 15 is 0 Å². The Balaban J connectivity index is 1.90. The van der Waals surface area contributed by atoms with Gasteiger partial charge in [0.2, 0.25) is 0 Å². The van der Waals surface area contributed by atoms with Gasteiger partial charge < -0.3 is 9.30 Å². The zero-order valence-corrected chi connectivity index (χ0v) is 10.1. The molecule has 0 radical (unpaired) electrons. The summed E-state index contributed by atoms with van der Waals surface area (Å²) in [6.45, 7) is 3.05. The minimum Gasteiger partial charge on any atom is -0.492 e. The van der Waals surface area contributed by atoms with Gasteiger partial charge in [-0.15, -0.1) is 0 Å². The van der Waals surface area contributed by atoms with Crippen LogP contribution in [0.1, 0.15) is 5.82 Å². The molecule has 0 fully saturated rings. The van der Waals surface area contributed by atoms with E-state index in [9.17, 15) is 4.39 Å². The molecule has 0 aliphatic heterocycles. The lowest BCUT2D eigenvalue weighted by Gasteiger charge is -2.08. The normalized spacial score (nSPS) is 10.5. The zero-order chi connectivity index (χ0) is 12.3. The van der Waals surface area contributed by atoms with Crippen LogP contribution in [0.3, 0.4) is 0 Å². The van der Waals surface area contributed by atoms with Crippen LogP contribution >= 0.6 is 11.6 Å². The van der Waals surface area contributed by atoms with Gasteiger partial charge in [0.05, 0.1) is 11.6 Å². The molecule has 0 atom stereocenters. The summed E-state index contributed by atoms with van der Waals surface area (Å²) in [4.78, 5) is 4.10. The predicted octanol–water partition coefficient (Wildman–Crippen LogP) is 3.06. The first-order valence-corrected chi connectivity index (χ1v) is 5.60. The molecule has 0 bridgehead atoms. The first-order valence-electron chi connectivity index (χ1n) is 5.22. The number of hydrogen-bond acceptors (Lipinski definition) is 2. The van der Waals surface area contributed by atoms with Crippen molar-refractivity contribution in [1.82, 2.24) is 9.55 Å². The fraction of sp³-hybridized carbons (Fsp3) is 0.250. The van der Waals surface area contributed by atoms with E-state index in [1.54, 1.807) is 12.3 Å². The molecule has 0 unspecified atom stereocenters. The molecule has 0 N–H and O–H groups in total. The fourth-order valence-electron chi connectivity index (χ4n) is 1.47. The Morgan fingerprint density at radius 1 is 1.47 bits per heavy atom. The minimum atomic E-state index is -0.469. The van der Waals surface area contributed by atoms with Gasteiger partial charge in [0.25, 0.3) is 0 Å². The van der Waals surface area contributed by atoms with Crippen molar-refractivity contribution >= 4 is 11.6 Å². The number of rotatable bonds is 4. The van der Waals surface area contributed by atoms with Crippen molar-refractivity contribution in [3.63, 3.8) is 0 Å². The van der Waals surface area contributed by atoms with Crippen molar-refractivity contribution in [2.75, 3.05) is 6.61 Å². The Hall–Kier alpha value is -1.55. The van der Waals surface area contributed by atoms with Gasteiger partial charge in [-0.2, -0.15) is 0 Å². The van der Waals surface area contributed by atoms with Crippen LogP contribution in [0.5, 0.6) is 5.75 Å². The van der Waals surface area contributed by atoms with Crippen LogP contribution < -0.4 is 4.74 Å². The summed E-state index contributed by atoms with van der Waals surface area (Å²) in [7, 11) is 0. The van der Waals surface area contributed by atoms with Gasteiger partial charge in [-0.25, -0.2) is 9.37 Å². The first-order chi connectivity index (χ1) is 8.16. The van der Waals surface area contributed by atoms with Crippen molar-refractivity contribution < 1.29 is 9.13 Å². The van der Waals surface area contributed by atoms with Crippen LogP contribution in [-0.4, -0.2) is 16.2 Å². The highest BCUT2D eigenvalue weighted by atomic mass is 35.5. The highest BCUT2D eigenvalue weighted by molar-refractivity contribution is 6.30. The molecule has 0 saturated heterocycles.